The monoisotopic (exact) mass is 412 g/mol. The summed E-state index contributed by atoms with van der Waals surface area (Å²) in [5.41, 5.74) is 5.90. The van der Waals surface area contributed by atoms with Crippen molar-refractivity contribution in [3.8, 4) is 0 Å². The number of sulfonamides is 1. The average molecular weight is 413 g/mol. The van der Waals surface area contributed by atoms with Crippen molar-refractivity contribution in [2.45, 2.75) is 31.2 Å². The SMILES string of the molecule is CN(CC(=O)N1CCC(N)C(C)(C)C1)S(=O)(=O)c1cccnc1.Cl.Cl. The first-order valence-corrected chi connectivity index (χ1v) is 8.98. The molecule has 0 spiro atoms. The number of piperidine rings is 1. The number of hydrogen-bond donors (Lipinski definition) is 1. The van der Waals surface area contributed by atoms with Gasteiger partial charge in [0.15, 0.2) is 0 Å². The number of pyridine rings is 1. The van der Waals surface area contributed by atoms with E-state index in [0.29, 0.717) is 13.1 Å². The van der Waals surface area contributed by atoms with Crippen LogP contribution >= 0.6 is 24.8 Å². The van der Waals surface area contributed by atoms with E-state index in [0.717, 1.165) is 10.7 Å². The van der Waals surface area contributed by atoms with Crippen molar-refractivity contribution >= 4 is 40.7 Å². The summed E-state index contributed by atoms with van der Waals surface area (Å²) in [6, 6.07) is 3.06. The first kappa shape index (κ1) is 24.1. The number of carbonyl (C=O) groups excluding carboxylic acids is 1. The van der Waals surface area contributed by atoms with Crippen molar-refractivity contribution in [2.24, 2.45) is 11.1 Å². The molecule has 25 heavy (non-hydrogen) atoms. The molecular weight excluding hydrogens is 387 g/mol. The molecule has 0 aromatic carbocycles. The number of amides is 1. The highest BCUT2D eigenvalue weighted by atomic mass is 35.5. The minimum absolute atomic E-state index is 0. The van der Waals surface area contributed by atoms with Gasteiger partial charge in [-0.15, -0.1) is 24.8 Å². The van der Waals surface area contributed by atoms with Crippen molar-refractivity contribution in [3.05, 3.63) is 24.5 Å². The van der Waals surface area contributed by atoms with Crippen LogP contribution in [0.1, 0.15) is 20.3 Å². The predicted molar refractivity (Wildman–Crippen MR) is 102 cm³/mol. The maximum absolute atomic E-state index is 12.4. The summed E-state index contributed by atoms with van der Waals surface area (Å²) in [7, 11) is -2.31. The average Bonchev–Trinajstić information content (AvgIpc) is 2.50. The van der Waals surface area contributed by atoms with Gasteiger partial charge in [-0.05, 0) is 24.0 Å². The molecular formula is C15H26Cl2N4O3S. The minimum Gasteiger partial charge on any atom is -0.341 e. The summed E-state index contributed by atoms with van der Waals surface area (Å²) in [6.07, 6.45) is 3.50. The van der Waals surface area contributed by atoms with E-state index in [-0.39, 0.29) is 53.6 Å². The molecule has 7 nitrogen and oxygen atoms in total. The molecule has 0 saturated carbocycles. The largest absolute Gasteiger partial charge is 0.341 e. The van der Waals surface area contributed by atoms with E-state index in [2.05, 4.69) is 4.98 Å². The van der Waals surface area contributed by atoms with Gasteiger partial charge in [0.2, 0.25) is 15.9 Å². The van der Waals surface area contributed by atoms with Crippen LogP contribution in [0.15, 0.2) is 29.4 Å². The van der Waals surface area contributed by atoms with Crippen molar-refractivity contribution in [3.63, 3.8) is 0 Å². The Hall–Kier alpha value is -0.930. The van der Waals surface area contributed by atoms with Crippen LogP contribution in [-0.4, -0.2) is 61.2 Å². The van der Waals surface area contributed by atoms with E-state index in [4.69, 9.17) is 5.73 Å². The molecule has 2 rings (SSSR count). The van der Waals surface area contributed by atoms with Crippen LogP contribution in [0.2, 0.25) is 0 Å². The lowest BCUT2D eigenvalue weighted by atomic mass is 9.80. The van der Waals surface area contributed by atoms with Crippen LogP contribution in [0.25, 0.3) is 0 Å². The number of rotatable bonds is 4. The van der Waals surface area contributed by atoms with Gasteiger partial charge in [-0.1, -0.05) is 13.8 Å². The first-order chi connectivity index (χ1) is 10.6. The van der Waals surface area contributed by atoms with Crippen LogP contribution in [0, 0.1) is 5.41 Å². The van der Waals surface area contributed by atoms with Gasteiger partial charge >= 0.3 is 0 Å². The topological polar surface area (TPSA) is 96.6 Å². The predicted octanol–water partition coefficient (Wildman–Crippen LogP) is 1.13. The van der Waals surface area contributed by atoms with Gasteiger partial charge in [-0.2, -0.15) is 4.31 Å². The highest BCUT2D eigenvalue weighted by molar-refractivity contribution is 7.89. The zero-order valence-electron chi connectivity index (χ0n) is 14.6. The van der Waals surface area contributed by atoms with E-state index in [9.17, 15) is 13.2 Å². The lowest BCUT2D eigenvalue weighted by Gasteiger charge is -2.42. The molecule has 1 fully saturated rings. The van der Waals surface area contributed by atoms with Crippen LogP contribution in [0.3, 0.4) is 0 Å². The second kappa shape index (κ2) is 9.14. The highest BCUT2D eigenvalue weighted by Crippen LogP contribution is 2.27. The molecule has 144 valence electrons. The number of carbonyl (C=O) groups is 1. The third-order valence-electron chi connectivity index (χ3n) is 4.37. The quantitative estimate of drug-likeness (QED) is 0.798. The summed E-state index contributed by atoms with van der Waals surface area (Å²) >= 11 is 0. The molecule has 10 heteroatoms. The van der Waals surface area contributed by atoms with Crippen molar-refractivity contribution < 1.29 is 13.2 Å². The lowest BCUT2D eigenvalue weighted by Crippen LogP contribution is -2.55. The Bertz CT molecular complexity index is 671. The van der Waals surface area contributed by atoms with Crippen LogP contribution in [0.5, 0.6) is 0 Å². The Kier molecular flexibility index (Phi) is 8.80. The van der Waals surface area contributed by atoms with Crippen molar-refractivity contribution in [2.75, 3.05) is 26.7 Å². The molecule has 1 saturated heterocycles. The zero-order valence-corrected chi connectivity index (χ0v) is 17.0. The number of aromatic nitrogens is 1. The van der Waals surface area contributed by atoms with Crippen molar-refractivity contribution in [1.82, 2.24) is 14.2 Å². The number of hydrogen-bond acceptors (Lipinski definition) is 5. The number of halogens is 2. The normalized spacial score (nSPS) is 19.7. The standard InChI is InChI=1S/C15H24N4O3S.2ClH/c1-15(2)11-19(8-6-13(15)16)14(20)10-18(3)23(21,22)12-5-4-7-17-9-12;;/h4-5,7,9,13H,6,8,10-11,16H2,1-3H3;2*1H. The fourth-order valence-electron chi connectivity index (χ4n) is 2.64. The zero-order chi connectivity index (χ0) is 17.3. The second-order valence-corrected chi connectivity index (χ2v) is 8.69. The maximum Gasteiger partial charge on any atom is 0.244 e. The molecule has 2 heterocycles. The lowest BCUT2D eigenvalue weighted by molar-refractivity contribution is -0.134. The van der Waals surface area contributed by atoms with E-state index in [1.165, 1.54) is 25.5 Å². The van der Waals surface area contributed by atoms with E-state index < -0.39 is 10.0 Å². The smallest absolute Gasteiger partial charge is 0.244 e. The van der Waals surface area contributed by atoms with Gasteiger partial charge in [0, 0.05) is 38.6 Å². The third-order valence-corrected chi connectivity index (χ3v) is 6.15. The Morgan fingerprint density at radius 1 is 1.44 bits per heavy atom. The Morgan fingerprint density at radius 2 is 2.08 bits per heavy atom. The van der Waals surface area contributed by atoms with Gasteiger partial charge < -0.3 is 10.6 Å². The molecule has 1 unspecified atom stereocenters. The third kappa shape index (κ3) is 5.52. The number of nitrogens with zero attached hydrogens (tertiary/aromatic N) is 3. The van der Waals surface area contributed by atoms with Gasteiger partial charge in [-0.3, -0.25) is 9.78 Å². The molecule has 1 atom stereocenters. The highest BCUT2D eigenvalue weighted by Gasteiger charge is 2.36. The van der Waals surface area contributed by atoms with E-state index >= 15 is 0 Å². The first-order valence-electron chi connectivity index (χ1n) is 7.54. The van der Waals surface area contributed by atoms with Gasteiger partial charge in [-0.25, -0.2) is 8.42 Å². The molecule has 2 N–H and O–H groups in total. The molecule has 1 aliphatic heterocycles. The Balaban J connectivity index is 0.00000288. The second-order valence-electron chi connectivity index (χ2n) is 6.65. The summed E-state index contributed by atoms with van der Waals surface area (Å²) < 4.78 is 25.9. The summed E-state index contributed by atoms with van der Waals surface area (Å²) in [5.74, 6) is -0.208. The molecule has 1 aliphatic rings. The van der Waals surface area contributed by atoms with Crippen LogP contribution in [0.4, 0.5) is 0 Å². The van der Waals surface area contributed by atoms with Gasteiger partial charge in [0.25, 0.3) is 0 Å². The number of likely N-dealkylation sites (tertiary alicyclic amines) is 1. The van der Waals surface area contributed by atoms with Gasteiger partial charge in [0.05, 0.1) is 6.54 Å². The number of nitrogens with two attached hydrogens (primary N) is 1. The molecule has 0 bridgehead atoms. The number of likely N-dealkylation sites (N-methyl/N-ethyl adjacent to an activating group) is 1. The van der Waals surface area contributed by atoms with Gasteiger partial charge in [0.1, 0.15) is 4.90 Å². The molecule has 1 aromatic heterocycles. The maximum atomic E-state index is 12.4. The van der Waals surface area contributed by atoms with Crippen molar-refractivity contribution in [1.29, 1.82) is 0 Å². The fraction of sp³-hybridized carbons (Fsp3) is 0.600. The molecule has 0 aliphatic carbocycles. The Morgan fingerprint density at radius 3 is 2.60 bits per heavy atom. The fourth-order valence-corrected chi connectivity index (χ4v) is 3.73. The van der Waals surface area contributed by atoms with E-state index in [1.54, 1.807) is 11.0 Å². The minimum atomic E-state index is -3.71. The molecule has 1 aromatic rings. The Labute approximate surface area is 161 Å². The molecule has 1 amide bonds. The van der Waals surface area contributed by atoms with Crippen LogP contribution < -0.4 is 5.73 Å². The summed E-state index contributed by atoms with van der Waals surface area (Å²) in [5, 5.41) is 0. The van der Waals surface area contributed by atoms with Crippen LogP contribution in [-0.2, 0) is 14.8 Å². The summed E-state index contributed by atoms with van der Waals surface area (Å²) in [6.45, 7) is 4.95. The van der Waals surface area contributed by atoms with E-state index in [1.807, 2.05) is 13.8 Å². The summed E-state index contributed by atoms with van der Waals surface area (Å²) in [4.78, 5) is 18.0. The molecule has 0 radical (unpaired) electrons.